The van der Waals surface area contributed by atoms with Crippen molar-refractivity contribution in [1.82, 2.24) is 0 Å². The molecule has 0 bridgehead atoms. The first-order valence-electron chi connectivity index (χ1n) is 4.72. The van der Waals surface area contributed by atoms with Crippen LogP contribution in [0.1, 0.15) is 24.3 Å². The third kappa shape index (κ3) is 2.13. The Hall–Kier alpha value is -0.750. The average molecular weight is 193 g/mol. The smallest absolute Gasteiger partial charge is 0.0521 e. The first-order valence-corrected chi connectivity index (χ1v) is 5.15. The molecule has 0 aliphatic heterocycles. The minimum Gasteiger partial charge on any atom is -0.118 e. The predicted octanol–water partition coefficient (Wildman–Crippen LogP) is 3.73. The lowest BCUT2D eigenvalue weighted by molar-refractivity contribution is 0.621. The molecule has 0 nitrogen and oxygen atoms in total. The summed E-state index contributed by atoms with van der Waals surface area (Å²) in [7, 11) is 0. The monoisotopic (exact) mass is 192 g/mol. The van der Waals surface area contributed by atoms with Crippen LogP contribution in [0.3, 0.4) is 0 Å². The average Bonchev–Trinajstić information content (AvgIpc) is 2.19. The van der Waals surface area contributed by atoms with Crippen LogP contribution in [0, 0.1) is 0 Å². The van der Waals surface area contributed by atoms with Crippen LogP contribution in [0.25, 0.3) is 0 Å². The maximum Gasteiger partial charge on any atom is 0.0521 e. The van der Waals surface area contributed by atoms with E-state index in [4.69, 9.17) is 11.6 Å². The summed E-state index contributed by atoms with van der Waals surface area (Å²) < 4.78 is 0. The minimum absolute atomic E-state index is 0.221. The molecule has 0 N–H and O–H groups in total. The van der Waals surface area contributed by atoms with Crippen LogP contribution in [0.4, 0.5) is 0 Å². The molecule has 0 radical (unpaired) electrons. The van der Waals surface area contributed by atoms with E-state index in [2.05, 4.69) is 42.5 Å². The van der Waals surface area contributed by atoms with Gasteiger partial charge in [0.2, 0.25) is 0 Å². The summed E-state index contributed by atoms with van der Waals surface area (Å²) in [4.78, 5) is 0. The second-order valence-corrected chi connectivity index (χ2v) is 4.08. The Labute approximate surface area is 84.2 Å². The number of hydrogen-bond donors (Lipinski definition) is 0. The quantitative estimate of drug-likeness (QED) is 0.470. The van der Waals surface area contributed by atoms with Crippen LogP contribution in [-0.4, -0.2) is 5.38 Å². The van der Waals surface area contributed by atoms with Crippen LogP contribution in [-0.2, 0) is 0 Å². The van der Waals surface area contributed by atoms with E-state index in [0.717, 1.165) is 12.8 Å². The lowest BCUT2D eigenvalue weighted by atomic mass is 9.88. The van der Waals surface area contributed by atoms with Crippen molar-refractivity contribution >= 4 is 11.6 Å². The van der Waals surface area contributed by atoms with Crippen molar-refractivity contribution in [3.63, 3.8) is 0 Å². The molecule has 1 heteroatoms. The maximum atomic E-state index is 6.07. The molecule has 68 valence electrons. The molecule has 13 heavy (non-hydrogen) atoms. The van der Waals surface area contributed by atoms with Gasteiger partial charge in [0.05, 0.1) is 5.38 Å². The number of allylic oxidation sites excluding steroid dienone is 2. The highest BCUT2D eigenvalue weighted by Crippen LogP contribution is 2.30. The van der Waals surface area contributed by atoms with E-state index in [1.165, 1.54) is 5.56 Å². The second-order valence-electron chi connectivity index (χ2n) is 3.52. The molecule has 1 aromatic rings. The van der Waals surface area contributed by atoms with Gasteiger partial charge in [-0.2, -0.15) is 0 Å². The van der Waals surface area contributed by atoms with Gasteiger partial charge in [-0.15, -0.1) is 11.6 Å². The fourth-order valence-electron chi connectivity index (χ4n) is 1.83. The maximum absolute atomic E-state index is 6.07. The lowest BCUT2D eigenvalue weighted by Crippen LogP contribution is -2.09. The summed E-state index contributed by atoms with van der Waals surface area (Å²) in [5.74, 6) is 0.619. The third-order valence-corrected chi connectivity index (χ3v) is 2.87. The number of halogens is 1. The van der Waals surface area contributed by atoms with Crippen molar-refractivity contribution in [3.8, 4) is 0 Å². The summed E-state index contributed by atoms with van der Waals surface area (Å²) in [6, 6.07) is 10.6. The summed E-state index contributed by atoms with van der Waals surface area (Å²) >= 11 is 6.07. The van der Waals surface area contributed by atoms with Crippen molar-refractivity contribution in [2.75, 3.05) is 0 Å². The highest BCUT2D eigenvalue weighted by molar-refractivity contribution is 6.21. The summed E-state index contributed by atoms with van der Waals surface area (Å²) in [6.45, 7) is 0. The van der Waals surface area contributed by atoms with Gasteiger partial charge in [0, 0.05) is 0 Å². The molecule has 2 rings (SSSR count). The summed E-state index contributed by atoms with van der Waals surface area (Å²) in [5.41, 5.74) is 1.41. The molecule has 0 heterocycles. The molecular formula is C12H13Cl. The first-order chi connectivity index (χ1) is 6.36. The van der Waals surface area contributed by atoms with Gasteiger partial charge in [0.25, 0.3) is 0 Å². The SMILES string of the molecule is ClC1C=CCC(c2ccccc2)C1. The van der Waals surface area contributed by atoms with Crippen molar-refractivity contribution < 1.29 is 0 Å². The largest absolute Gasteiger partial charge is 0.118 e. The van der Waals surface area contributed by atoms with Crippen LogP contribution in [0.5, 0.6) is 0 Å². The Kier molecular flexibility index (Phi) is 2.70. The lowest BCUT2D eigenvalue weighted by Gasteiger charge is -2.21. The standard InChI is InChI=1S/C12H13Cl/c13-12-8-4-7-11(9-12)10-5-2-1-3-6-10/h1-6,8,11-12H,7,9H2. The Morgan fingerprint density at radius 1 is 1.15 bits per heavy atom. The summed E-state index contributed by atoms with van der Waals surface area (Å²) in [6.07, 6.45) is 6.50. The molecule has 0 amide bonds. The topological polar surface area (TPSA) is 0 Å². The molecule has 0 fully saturated rings. The molecule has 1 aromatic carbocycles. The van der Waals surface area contributed by atoms with Crippen LogP contribution < -0.4 is 0 Å². The number of alkyl halides is 1. The van der Waals surface area contributed by atoms with Gasteiger partial charge in [0.15, 0.2) is 0 Å². The van der Waals surface area contributed by atoms with Crippen LogP contribution in [0.2, 0.25) is 0 Å². The van der Waals surface area contributed by atoms with Gasteiger partial charge in [-0.05, 0) is 24.3 Å². The Morgan fingerprint density at radius 2 is 1.92 bits per heavy atom. The van der Waals surface area contributed by atoms with Crippen LogP contribution >= 0.6 is 11.6 Å². The molecule has 1 aliphatic carbocycles. The molecule has 1 aliphatic rings. The van der Waals surface area contributed by atoms with Gasteiger partial charge in [0.1, 0.15) is 0 Å². The number of benzene rings is 1. The Morgan fingerprint density at radius 3 is 2.62 bits per heavy atom. The third-order valence-electron chi connectivity index (χ3n) is 2.55. The predicted molar refractivity (Wildman–Crippen MR) is 57.2 cm³/mol. The zero-order chi connectivity index (χ0) is 9.10. The minimum atomic E-state index is 0.221. The van der Waals surface area contributed by atoms with E-state index >= 15 is 0 Å². The van der Waals surface area contributed by atoms with E-state index in [1.54, 1.807) is 0 Å². The Bertz CT molecular complexity index is 289. The van der Waals surface area contributed by atoms with Gasteiger partial charge < -0.3 is 0 Å². The highest BCUT2D eigenvalue weighted by Gasteiger charge is 2.16. The fourth-order valence-corrected chi connectivity index (χ4v) is 2.15. The van der Waals surface area contributed by atoms with Crippen molar-refractivity contribution in [3.05, 3.63) is 48.0 Å². The highest BCUT2D eigenvalue weighted by atomic mass is 35.5. The normalized spacial score (nSPS) is 27.5. The van der Waals surface area contributed by atoms with E-state index < -0.39 is 0 Å². The molecule has 0 saturated heterocycles. The number of hydrogen-bond acceptors (Lipinski definition) is 0. The van der Waals surface area contributed by atoms with Gasteiger partial charge in [-0.25, -0.2) is 0 Å². The van der Waals surface area contributed by atoms with E-state index in [9.17, 15) is 0 Å². The van der Waals surface area contributed by atoms with Crippen LogP contribution in [0.15, 0.2) is 42.5 Å². The Balaban J connectivity index is 2.15. The van der Waals surface area contributed by atoms with Gasteiger partial charge >= 0.3 is 0 Å². The molecule has 2 atom stereocenters. The molecule has 0 aromatic heterocycles. The van der Waals surface area contributed by atoms with Crippen molar-refractivity contribution in [2.45, 2.75) is 24.1 Å². The fraction of sp³-hybridized carbons (Fsp3) is 0.333. The van der Waals surface area contributed by atoms with Gasteiger partial charge in [-0.1, -0.05) is 42.5 Å². The van der Waals surface area contributed by atoms with E-state index in [1.807, 2.05) is 0 Å². The zero-order valence-electron chi connectivity index (χ0n) is 7.49. The zero-order valence-corrected chi connectivity index (χ0v) is 8.24. The molecule has 0 spiro atoms. The van der Waals surface area contributed by atoms with Crippen molar-refractivity contribution in [1.29, 1.82) is 0 Å². The molecule has 2 unspecified atom stereocenters. The molecular weight excluding hydrogens is 180 g/mol. The van der Waals surface area contributed by atoms with E-state index in [0.29, 0.717) is 5.92 Å². The van der Waals surface area contributed by atoms with Crippen molar-refractivity contribution in [2.24, 2.45) is 0 Å². The molecule has 0 saturated carbocycles. The second kappa shape index (κ2) is 3.97. The van der Waals surface area contributed by atoms with E-state index in [-0.39, 0.29) is 5.38 Å². The van der Waals surface area contributed by atoms with Gasteiger partial charge in [-0.3, -0.25) is 0 Å². The number of rotatable bonds is 1. The summed E-state index contributed by atoms with van der Waals surface area (Å²) in [5, 5.41) is 0.221. The first kappa shape index (κ1) is 8.83.